The normalized spacial score (nSPS) is 12.4. The summed E-state index contributed by atoms with van der Waals surface area (Å²) < 4.78 is 5.11. The highest BCUT2D eigenvalue weighted by molar-refractivity contribution is 5.98. The number of nitrogens with one attached hydrogen (secondary N) is 4. The first kappa shape index (κ1) is 42.8. The molecule has 2 aromatic carbocycles. The van der Waals surface area contributed by atoms with Gasteiger partial charge < -0.3 is 41.3 Å². The lowest BCUT2D eigenvalue weighted by atomic mass is 10.0. The fourth-order valence-corrected chi connectivity index (χ4v) is 4.95. The molecule has 0 unspecified atom stereocenters. The molecule has 0 radical (unpaired) electrons. The summed E-state index contributed by atoms with van der Waals surface area (Å²) in [6.07, 6.45) is -2.35. The second kappa shape index (κ2) is 19.8. The van der Waals surface area contributed by atoms with Gasteiger partial charge in [0, 0.05) is 12.5 Å². The molecule has 0 aromatic heterocycles. The molecule has 0 fully saturated rings. The number of benzene rings is 2. The van der Waals surface area contributed by atoms with Crippen molar-refractivity contribution in [2.75, 3.05) is 13.2 Å². The molecule has 19 heteroatoms. The first-order chi connectivity index (χ1) is 24.8. The monoisotopic (exact) mass is 743 g/mol. The van der Waals surface area contributed by atoms with Crippen LogP contribution in [0.3, 0.4) is 0 Å². The molecule has 2 rings (SSSR count). The quantitative estimate of drug-likeness (QED) is 0.0551. The summed E-state index contributed by atoms with van der Waals surface area (Å²) in [4.78, 5) is 110. The molecule has 0 heterocycles. The predicted octanol–water partition coefficient (Wildman–Crippen LogP) is 0.452. The Labute approximate surface area is 302 Å². The van der Waals surface area contributed by atoms with Crippen LogP contribution in [0.5, 0.6) is 5.75 Å². The Morgan fingerprint density at radius 2 is 1.49 bits per heavy atom. The third-order valence-corrected chi connectivity index (χ3v) is 7.71. The number of carboxylic acid groups (broad SMARTS) is 2. The number of Topliss-reactive ketones (excluding diaryl/α,β-unsaturated/α-hetero) is 1. The maximum atomic E-state index is 13.3. The number of esters is 1. The molecule has 53 heavy (non-hydrogen) atoms. The summed E-state index contributed by atoms with van der Waals surface area (Å²) in [6.45, 7) is 4.76. The molecule has 0 spiro atoms. The highest BCUT2D eigenvalue weighted by Gasteiger charge is 2.33. The topological polar surface area (TPSA) is 298 Å². The van der Waals surface area contributed by atoms with Crippen molar-refractivity contribution in [2.45, 2.75) is 71.5 Å². The van der Waals surface area contributed by atoms with Gasteiger partial charge in [-0.3, -0.25) is 43.7 Å². The average Bonchev–Trinajstić information content (AvgIpc) is 3.06. The number of nitro benzene ring substituents is 1. The molecule has 0 saturated carbocycles. The van der Waals surface area contributed by atoms with Crippen molar-refractivity contribution < 1.29 is 63.3 Å². The summed E-state index contributed by atoms with van der Waals surface area (Å²) in [6, 6.07) is 3.67. The highest BCUT2D eigenvalue weighted by atomic mass is 16.6. The molecule has 286 valence electrons. The van der Waals surface area contributed by atoms with E-state index in [0.29, 0.717) is 11.1 Å². The van der Waals surface area contributed by atoms with Gasteiger partial charge in [0.2, 0.25) is 23.6 Å². The Morgan fingerprint density at radius 3 is 2.06 bits per heavy atom. The first-order valence-electron chi connectivity index (χ1n) is 16.1. The largest absolute Gasteiger partial charge is 0.502 e. The Bertz CT molecular complexity index is 1740. The lowest BCUT2D eigenvalue weighted by Gasteiger charge is -2.27. The standard InChI is InChI=1S/C34H41N5O14/c1-17(2)31(33(49)37-22(14-29(46)47)25(41)16-53-34(50)30-18(3)6-5-7-19(30)4)38-32(48)21(9-11-28(44)45)36-27(43)15-35-26(42)13-20-8-10-24(40)23(12-20)39(51)52/h5-8,10,12,17,21-22,31,40H,9,11,13-16H2,1-4H3,(H,35,42)(H,36,43)(H,37,49)(H,38,48)(H,44,45)(H,46,47)/t21-,22-,31-/m0/s1. The fraction of sp³-hybridized carbons (Fsp3) is 0.412. The van der Waals surface area contributed by atoms with Gasteiger partial charge in [0.1, 0.15) is 18.1 Å². The van der Waals surface area contributed by atoms with Crippen molar-refractivity contribution in [2.24, 2.45) is 5.92 Å². The zero-order valence-electron chi connectivity index (χ0n) is 29.3. The molecule has 0 aliphatic heterocycles. The number of ether oxygens (including phenoxy) is 1. The minimum atomic E-state index is -1.68. The molecule has 4 amide bonds. The molecular weight excluding hydrogens is 702 g/mol. The molecule has 2 aromatic rings. The van der Waals surface area contributed by atoms with Crippen molar-refractivity contribution >= 4 is 53.0 Å². The number of rotatable bonds is 20. The molecule has 0 aliphatic rings. The van der Waals surface area contributed by atoms with Crippen LogP contribution in [0.1, 0.15) is 60.2 Å². The molecule has 7 N–H and O–H groups in total. The van der Waals surface area contributed by atoms with Crippen molar-refractivity contribution in [1.29, 1.82) is 0 Å². The molecule has 0 saturated heterocycles. The van der Waals surface area contributed by atoms with Crippen molar-refractivity contribution in [3.63, 3.8) is 0 Å². The van der Waals surface area contributed by atoms with Gasteiger partial charge in [-0.1, -0.05) is 38.1 Å². The number of nitro groups is 1. The Hall–Kier alpha value is -6.40. The van der Waals surface area contributed by atoms with Crippen LogP contribution < -0.4 is 21.3 Å². The number of hydrogen-bond acceptors (Lipinski definition) is 12. The number of carbonyl (C=O) groups excluding carboxylic acids is 6. The van der Waals surface area contributed by atoms with Crippen LogP contribution in [-0.4, -0.2) is 98.8 Å². The van der Waals surface area contributed by atoms with Crippen molar-refractivity contribution in [3.05, 3.63) is 68.8 Å². The van der Waals surface area contributed by atoms with Crippen LogP contribution in [0, 0.1) is 29.9 Å². The van der Waals surface area contributed by atoms with Gasteiger partial charge >= 0.3 is 23.6 Å². The van der Waals surface area contributed by atoms with Gasteiger partial charge in [0.15, 0.2) is 18.1 Å². The Morgan fingerprint density at radius 1 is 0.849 bits per heavy atom. The number of amides is 4. The summed E-state index contributed by atoms with van der Waals surface area (Å²) in [5.74, 6) is -9.58. The van der Waals surface area contributed by atoms with Gasteiger partial charge in [-0.05, 0) is 48.9 Å². The van der Waals surface area contributed by atoms with E-state index in [9.17, 15) is 63.8 Å². The molecule has 19 nitrogen and oxygen atoms in total. The number of aliphatic carboxylic acids is 2. The van der Waals surface area contributed by atoms with E-state index in [1.807, 2.05) is 0 Å². The number of aromatic hydroxyl groups is 1. The number of nitrogens with zero attached hydrogens (tertiary/aromatic N) is 1. The number of hydrogen-bond donors (Lipinski definition) is 7. The second-order valence-electron chi connectivity index (χ2n) is 12.3. The summed E-state index contributed by atoms with van der Waals surface area (Å²) >= 11 is 0. The van der Waals surface area contributed by atoms with Crippen molar-refractivity contribution in [1.82, 2.24) is 21.3 Å². The maximum Gasteiger partial charge on any atom is 0.339 e. The minimum Gasteiger partial charge on any atom is -0.502 e. The van der Waals surface area contributed by atoms with Crippen LogP contribution in [-0.2, 0) is 44.7 Å². The van der Waals surface area contributed by atoms with E-state index in [2.05, 4.69) is 21.3 Å². The SMILES string of the molecule is Cc1cccc(C)c1C(=O)OCC(=O)[C@H](CC(=O)O)NC(=O)[C@@H](NC(=O)[C@H](CCC(=O)O)NC(=O)CNC(=O)Cc1ccc(O)c([N+](=O)[O-])c1)C(C)C. The van der Waals surface area contributed by atoms with Crippen LogP contribution in [0.15, 0.2) is 36.4 Å². The zero-order valence-corrected chi connectivity index (χ0v) is 29.3. The van der Waals surface area contributed by atoms with Crippen molar-refractivity contribution in [3.8, 4) is 5.75 Å². The molecule has 0 bridgehead atoms. The lowest BCUT2D eigenvalue weighted by molar-refractivity contribution is -0.385. The van der Waals surface area contributed by atoms with E-state index in [-0.39, 0.29) is 11.1 Å². The smallest absolute Gasteiger partial charge is 0.339 e. The van der Waals surface area contributed by atoms with E-state index in [4.69, 9.17) is 4.74 Å². The number of ketones is 1. The predicted molar refractivity (Wildman–Crippen MR) is 182 cm³/mol. The molecular formula is C34H41N5O14. The maximum absolute atomic E-state index is 13.3. The van der Waals surface area contributed by atoms with Gasteiger partial charge in [0.05, 0.1) is 29.9 Å². The van der Waals surface area contributed by atoms with Gasteiger partial charge in [0.25, 0.3) is 0 Å². The number of phenolic OH excluding ortho intramolecular Hbond substituents is 1. The molecule has 0 aliphatic carbocycles. The Balaban J connectivity index is 2.10. The number of carbonyl (C=O) groups is 8. The minimum absolute atomic E-state index is 0.148. The fourth-order valence-electron chi connectivity index (χ4n) is 4.95. The van der Waals surface area contributed by atoms with Crippen LogP contribution in [0.4, 0.5) is 5.69 Å². The zero-order chi connectivity index (χ0) is 40.0. The summed E-state index contributed by atoms with van der Waals surface area (Å²) in [7, 11) is 0. The number of aryl methyl sites for hydroxylation is 2. The molecule has 3 atom stereocenters. The summed E-state index contributed by atoms with van der Waals surface area (Å²) in [5, 5.41) is 48.4. The highest BCUT2D eigenvalue weighted by Crippen LogP contribution is 2.26. The average molecular weight is 744 g/mol. The van der Waals surface area contributed by atoms with Gasteiger partial charge in [-0.15, -0.1) is 0 Å². The van der Waals surface area contributed by atoms with Crippen LogP contribution in [0.2, 0.25) is 0 Å². The van der Waals surface area contributed by atoms with E-state index >= 15 is 0 Å². The Kier molecular flexibility index (Phi) is 16.0. The van der Waals surface area contributed by atoms with E-state index in [0.717, 1.165) is 12.1 Å². The van der Waals surface area contributed by atoms with Gasteiger partial charge in [-0.2, -0.15) is 0 Å². The van der Waals surface area contributed by atoms with Crippen LogP contribution >= 0.6 is 0 Å². The first-order valence-corrected chi connectivity index (χ1v) is 16.1. The van der Waals surface area contributed by atoms with E-state index in [1.165, 1.54) is 19.9 Å². The van der Waals surface area contributed by atoms with Crippen LogP contribution in [0.25, 0.3) is 0 Å². The summed E-state index contributed by atoms with van der Waals surface area (Å²) in [5.41, 5.74) is 0.895. The lowest BCUT2D eigenvalue weighted by Crippen LogP contribution is -2.58. The number of carboxylic acids is 2. The number of phenols is 1. The van der Waals surface area contributed by atoms with E-state index in [1.54, 1.807) is 32.0 Å². The van der Waals surface area contributed by atoms with Gasteiger partial charge in [-0.25, -0.2) is 4.79 Å². The third-order valence-electron chi connectivity index (χ3n) is 7.71. The second-order valence-corrected chi connectivity index (χ2v) is 12.3. The van der Waals surface area contributed by atoms with E-state index < -0.39 is 127 Å². The third kappa shape index (κ3) is 13.7.